The fraction of sp³-hybridized carbons (Fsp3) is 1.00. The number of likely N-dealkylation sites (N-methyl/N-ethyl adjacent to an activating group) is 1. The third kappa shape index (κ3) is 5.84. The Morgan fingerprint density at radius 2 is 2.00 bits per heavy atom. The van der Waals surface area contributed by atoms with Crippen molar-refractivity contribution >= 4 is 0 Å². The summed E-state index contributed by atoms with van der Waals surface area (Å²) in [4.78, 5) is 2.53. The smallest absolute Gasteiger partial charge is 0.0198 e. The molecule has 102 valence electrons. The van der Waals surface area contributed by atoms with Gasteiger partial charge in [0.05, 0.1) is 0 Å². The molecule has 1 heterocycles. The summed E-state index contributed by atoms with van der Waals surface area (Å²) in [7, 11) is 0. The van der Waals surface area contributed by atoms with E-state index < -0.39 is 0 Å². The van der Waals surface area contributed by atoms with Crippen molar-refractivity contribution in [3.63, 3.8) is 0 Å². The highest BCUT2D eigenvalue weighted by Gasteiger charge is 2.29. The standard InChI is InChI=1S/C14H31N3/c1-5-16-13-8-12(9-14(2,3)4)10-17(11-13)7-6-15/h12-13,16H,5-11,15H2,1-4H3. The van der Waals surface area contributed by atoms with E-state index in [1.807, 2.05) is 0 Å². The molecule has 1 saturated heterocycles. The number of rotatable bonds is 5. The lowest BCUT2D eigenvalue weighted by Gasteiger charge is -2.40. The van der Waals surface area contributed by atoms with Crippen LogP contribution in [-0.4, -0.2) is 43.7 Å². The summed E-state index contributed by atoms with van der Waals surface area (Å²) in [5, 5.41) is 3.61. The Balaban J connectivity index is 2.52. The number of hydrogen-bond donors (Lipinski definition) is 2. The van der Waals surface area contributed by atoms with Gasteiger partial charge in [-0.05, 0) is 30.7 Å². The lowest BCUT2D eigenvalue weighted by atomic mass is 9.80. The van der Waals surface area contributed by atoms with Crippen molar-refractivity contribution in [3.8, 4) is 0 Å². The van der Waals surface area contributed by atoms with E-state index in [4.69, 9.17) is 5.73 Å². The van der Waals surface area contributed by atoms with Crippen LogP contribution in [0.1, 0.15) is 40.5 Å². The maximum Gasteiger partial charge on any atom is 0.0198 e. The number of likely N-dealkylation sites (tertiary alicyclic amines) is 1. The van der Waals surface area contributed by atoms with Crippen LogP contribution < -0.4 is 11.1 Å². The Hall–Kier alpha value is -0.120. The topological polar surface area (TPSA) is 41.3 Å². The Morgan fingerprint density at radius 1 is 1.29 bits per heavy atom. The molecule has 0 bridgehead atoms. The largest absolute Gasteiger partial charge is 0.329 e. The summed E-state index contributed by atoms with van der Waals surface area (Å²) >= 11 is 0. The van der Waals surface area contributed by atoms with Crippen LogP contribution in [-0.2, 0) is 0 Å². The molecule has 0 aliphatic carbocycles. The zero-order valence-corrected chi connectivity index (χ0v) is 12.1. The molecule has 0 aromatic rings. The summed E-state index contributed by atoms with van der Waals surface area (Å²) in [5.74, 6) is 0.819. The van der Waals surface area contributed by atoms with Crippen molar-refractivity contribution in [2.24, 2.45) is 17.1 Å². The van der Waals surface area contributed by atoms with E-state index in [0.717, 1.165) is 25.6 Å². The molecule has 1 aliphatic rings. The van der Waals surface area contributed by atoms with Gasteiger partial charge in [0.25, 0.3) is 0 Å². The monoisotopic (exact) mass is 241 g/mol. The molecule has 1 aliphatic heterocycles. The maximum atomic E-state index is 5.69. The average Bonchev–Trinajstić information content (AvgIpc) is 2.15. The summed E-state index contributed by atoms with van der Waals surface area (Å²) in [6.07, 6.45) is 2.64. The van der Waals surface area contributed by atoms with Crippen molar-refractivity contribution in [1.29, 1.82) is 0 Å². The van der Waals surface area contributed by atoms with Gasteiger partial charge in [-0.1, -0.05) is 27.7 Å². The molecule has 0 radical (unpaired) electrons. The maximum absolute atomic E-state index is 5.69. The van der Waals surface area contributed by atoms with Gasteiger partial charge in [-0.25, -0.2) is 0 Å². The second-order valence-corrected chi connectivity index (χ2v) is 6.67. The lowest BCUT2D eigenvalue weighted by molar-refractivity contribution is 0.117. The SMILES string of the molecule is CCNC1CC(CC(C)(C)C)CN(CCN)C1. The van der Waals surface area contributed by atoms with Gasteiger partial charge in [0.1, 0.15) is 0 Å². The molecule has 3 N–H and O–H groups in total. The van der Waals surface area contributed by atoms with Crippen LogP contribution in [0.15, 0.2) is 0 Å². The Morgan fingerprint density at radius 3 is 2.53 bits per heavy atom. The van der Waals surface area contributed by atoms with Gasteiger partial charge in [0.15, 0.2) is 0 Å². The predicted molar refractivity (Wildman–Crippen MR) is 75.1 cm³/mol. The summed E-state index contributed by atoms with van der Waals surface area (Å²) in [6.45, 7) is 14.5. The van der Waals surface area contributed by atoms with Crippen molar-refractivity contribution in [3.05, 3.63) is 0 Å². The molecule has 3 nitrogen and oxygen atoms in total. The van der Waals surface area contributed by atoms with E-state index in [9.17, 15) is 0 Å². The minimum atomic E-state index is 0.438. The normalized spacial score (nSPS) is 27.4. The van der Waals surface area contributed by atoms with Crippen LogP contribution in [0.4, 0.5) is 0 Å². The average molecular weight is 241 g/mol. The molecule has 0 spiro atoms. The van der Waals surface area contributed by atoms with E-state index in [-0.39, 0.29) is 0 Å². The van der Waals surface area contributed by atoms with Crippen molar-refractivity contribution in [2.75, 3.05) is 32.7 Å². The van der Waals surface area contributed by atoms with Crippen molar-refractivity contribution in [1.82, 2.24) is 10.2 Å². The van der Waals surface area contributed by atoms with Crippen LogP contribution in [0.2, 0.25) is 0 Å². The molecule has 0 amide bonds. The van der Waals surface area contributed by atoms with Crippen LogP contribution in [0.3, 0.4) is 0 Å². The third-order valence-corrected chi connectivity index (χ3v) is 3.45. The van der Waals surface area contributed by atoms with E-state index in [0.29, 0.717) is 11.5 Å². The number of nitrogens with one attached hydrogen (secondary N) is 1. The van der Waals surface area contributed by atoms with Crippen LogP contribution >= 0.6 is 0 Å². The van der Waals surface area contributed by atoms with Crippen LogP contribution in [0.25, 0.3) is 0 Å². The quantitative estimate of drug-likeness (QED) is 0.769. The summed E-state index contributed by atoms with van der Waals surface area (Å²) in [5.41, 5.74) is 6.13. The fourth-order valence-electron chi connectivity index (χ4n) is 3.12. The molecule has 0 aromatic carbocycles. The van der Waals surface area contributed by atoms with Crippen LogP contribution in [0, 0.1) is 11.3 Å². The molecule has 3 heteroatoms. The second kappa shape index (κ2) is 6.72. The molecule has 2 atom stereocenters. The third-order valence-electron chi connectivity index (χ3n) is 3.45. The predicted octanol–water partition coefficient (Wildman–Crippen LogP) is 1.68. The van der Waals surface area contributed by atoms with E-state index >= 15 is 0 Å². The Labute approximate surface area is 107 Å². The first-order valence-electron chi connectivity index (χ1n) is 7.10. The molecule has 1 fully saturated rings. The molecule has 17 heavy (non-hydrogen) atoms. The first-order valence-corrected chi connectivity index (χ1v) is 7.10. The highest BCUT2D eigenvalue weighted by Crippen LogP contribution is 2.30. The molecule has 0 saturated carbocycles. The van der Waals surface area contributed by atoms with E-state index in [1.54, 1.807) is 0 Å². The van der Waals surface area contributed by atoms with Gasteiger partial charge < -0.3 is 16.0 Å². The molecular weight excluding hydrogens is 210 g/mol. The minimum absolute atomic E-state index is 0.438. The number of nitrogens with two attached hydrogens (primary N) is 1. The number of hydrogen-bond acceptors (Lipinski definition) is 3. The summed E-state index contributed by atoms with van der Waals surface area (Å²) < 4.78 is 0. The van der Waals surface area contributed by atoms with E-state index in [1.165, 1.54) is 25.9 Å². The first-order chi connectivity index (χ1) is 7.94. The number of piperidine rings is 1. The molecule has 0 aromatic heterocycles. The lowest BCUT2D eigenvalue weighted by Crippen LogP contribution is -2.50. The molecule has 1 rings (SSSR count). The molecular formula is C14H31N3. The molecule has 2 unspecified atom stereocenters. The van der Waals surface area contributed by atoms with Crippen molar-refractivity contribution in [2.45, 2.75) is 46.6 Å². The Bertz CT molecular complexity index is 196. The highest BCUT2D eigenvalue weighted by molar-refractivity contribution is 4.85. The number of nitrogens with zero attached hydrogens (tertiary/aromatic N) is 1. The second-order valence-electron chi connectivity index (χ2n) is 6.67. The first kappa shape index (κ1) is 14.9. The van der Waals surface area contributed by atoms with Gasteiger partial charge in [-0.2, -0.15) is 0 Å². The van der Waals surface area contributed by atoms with Gasteiger partial charge in [0.2, 0.25) is 0 Å². The minimum Gasteiger partial charge on any atom is -0.329 e. The zero-order chi connectivity index (χ0) is 12.9. The zero-order valence-electron chi connectivity index (χ0n) is 12.1. The fourth-order valence-corrected chi connectivity index (χ4v) is 3.12. The summed E-state index contributed by atoms with van der Waals surface area (Å²) in [6, 6.07) is 0.660. The van der Waals surface area contributed by atoms with Crippen LogP contribution in [0.5, 0.6) is 0 Å². The van der Waals surface area contributed by atoms with Gasteiger partial charge >= 0.3 is 0 Å². The van der Waals surface area contributed by atoms with Gasteiger partial charge in [-0.15, -0.1) is 0 Å². The van der Waals surface area contributed by atoms with Gasteiger partial charge in [-0.3, -0.25) is 0 Å². The van der Waals surface area contributed by atoms with E-state index in [2.05, 4.69) is 37.9 Å². The van der Waals surface area contributed by atoms with Crippen molar-refractivity contribution < 1.29 is 0 Å². The highest BCUT2D eigenvalue weighted by atomic mass is 15.2. The van der Waals surface area contributed by atoms with Gasteiger partial charge in [0, 0.05) is 32.2 Å². The Kier molecular flexibility index (Phi) is 5.90.